The number of nitrogens with one attached hydrogen (secondary N) is 1. The molecule has 0 aliphatic carbocycles. The highest BCUT2D eigenvalue weighted by Gasteiger charge is 2.22. The molecule has 2 fully saturated rings. The SMILES string of the molecule is C1CCN(C2CCNCC2)C1.CC(C)C. The van der Waals surface area contributed by atoms with Gasteiger partial charge in [0.05, 0.1) is 0 Å². The van der Waals surface area contributed by atoms with Crippen LogP contribution in [-0.4, -0.2) is 37.1 Å². The van der Waals surface area contributed by atoms with Gasteiger partial charge in [-0.15, -0.1) is 0 Å². The Labute approximate surface area is 95.4 Å². The summed E-state index contributed by atoms with van der Waals surface area (Å²) in [5.41, 5.74) is 0. The number of rotatable bonds is 1. The molecule has 0 spiro atoms. The van der Waals surface area contributed by atoms with Crippen LogP contribution in [0.4, 0.5) is 0 Å². The highest BCUT2D eigenvalue weighted by atomic mass is 15.2. The molecule has 2 rings (SSSR count). The van der Waals surface area contributed by atoms with Crippen molar-refractivity contribution in [3.63, 3.8) is 0 Å². The highest BCUT2D eigenvalue weighted by Crippen LogP contribution is 2.17. The van der Waals surface area contributed by atoms with E-state index in [1.165, 1.54) is 51.9 Å². The zero-order valence-corrected chi connectivity index (χ0v) is 10.8. The summed E-state index contributed by atoms with van der Waals surface area (Å²) in [6, 6.07) is 0.916. The fraction of sp³-hybridized carbons (Fsp3) is 1.00. The van der Waals surface area contributed by atoms with E-state index in [9.17, 15) is 0 Å². The molecule has 0 unspecified atom stereocenters. The lowest BCUT2D eigenvalue weighted by Gasteiger charge is -2.31. The molecule has 0 bridgehead atoms. The predicted molar refractivity (Wildman–Crippen MR) is 67.2 cm³/mol. The standard InChI is InChI=1S/C9H18N2.C4H10/c1-2-8-11(7-1)9-3-5-10-6-4-9;1-4(2)3/h9-10H,1-8H2;4H,1-3H3. The fourth-order valence-electron chi connectivity index (χ4n) is 2.28. The highest BCUT2D eigenvalue weighted by molar-refractivity contribution is 4.80. The molecule has 0 aromatic carbocycles. The molecule has 0 saturated carbocycles. The van der Waals surface area contributed by atoms with E-state index in [-0.39, 0.29) is 0 Å². The van der Waals surface area contributed by atoms with Gasteiger partial charge in [-0.2, -0.15) is 0 Å². The summed E-state index contributed by atoms with van der Waals surface area (Å²) in [6.45, 7) is 11.7. The van der Waals surface area contributed by atoms with Crippen molar-refractivity contribution in [1.82, 2.24) is 10.2 Å². The van der Waals surface area contributed by atoms with Crippen molar-refractivity contribution in [2.75, 3.05) is 26.2 Å². The maximum Gasteiger partial charge on any atom is 0.0119 e. The van der Waals surface area contributed by atoms with Gasteiger partial charge in [-0.1, -0.05) is 20.8 Å². The van der Waals surface area contributed by atoms with Crippen molar-refractivity contribution in [3.8, 4) is 0 Å². The van der Waals surface area contributed by atoms with Crippen molar-refractivity contribution in [1.29, 1.82) is 0 Å². The lowest BCUT2D eigenvalue weighted by Crippen LogP contribution is -2.41. The van der Waals surface area contributed by atoms with Gasteiger partial charge >= 0.3 is 0 Å². The average molecular weight is 212 g/mol. The van der Waals surface area contributed by atoms with E-state index in [4.69, 9.17) is 0 Å². The van der Waals surface area contributed by atoms with Crippen molar-refractivity contribution in [3.05, 3.63) is 0 Å². The molecule has 90 valence electrons. The summed E-state index contributed by atoms with van der Waals surface area (Å²) in [7, 11) is 0. The normalized spacial score (nSPS) is 24.0. The topological polar surface area (TPSA) is 15.3 Å². The van der Waals surface area contributed by atoms with Crippen LogP contribution in [0.2, 0.25) is 0 Å². The number of likely N-dealkylation sites (tertiary alicyclic amines) is 1. The Kier molecular flexibility index (Phi) is 6.26. The molecule has 0 amide bonds. The van der Waals surface area contributed by atoms with Crippen molar-refractivity contribution in [2.24, 2.45) is 5.92 Å². The lowest BCUT2D eigenvalue weighted by atomic mass is 10.1. The van der Waals surface area contributed by atoms with Gasteiger partial charge in [0.2, 0.25) is 0 Å². The minimum Gasteiger partial charge on any atom is -0.317 e. The molecule has 2 heterocycles. The smallest absolute Gasteiger partial charge is 0.0119 e. The van der Waals surface area contributed by atoms with Gasteiger partial charge in [-0.25, -0.2) is 0 Å². The Bertz CT molecular complexity index is 142. The summed E-state index contributed by atoms with van der Waals surface area (Å²) in [4.78, 5) is 2.68. The minimum atomic E-state index is 0.833. The predicted octanol–water partition coefficient (Wildman–Crippen LogP) is 2.50. The van der Waals surface area contributed by atoms with E-state index in [0.717, 1.165) is 12.0 Å². The molecule has 0 aromatic heterocycles. The van der Waals surface area contributed by atoms with E-state index < -0.39 is 0 Å². The third kappa shape index (κ3) is 5.53. The first kappa shape index (κ1) is 13.0. The molecule has 0 radical (unpaired) electrons. The first-order chi connectivity index (χ1) is 7.20. The summed E-state index contributed by atoms with van der Waals surface area (Å²) in [6.07, 6.45) is 5.62. The largest absolute Gasteiger partial charge is 0.317 e. The fourth-order valence-corrected chi connectivity index (χ4v) is 2.28. The van der Waals surface area contributed by atoms with Crippen LogP contribution in [0.15, 0.2) is 0 Å². The number of piperidine rings is 1. The van der Waals surface area contributed by atoms with Crippen LogP contribution in [-0.2, 0) is 0 Å². The summed E-state index contributed by atoms with van der Waals surface area (Å²) < 4.78 is 0. The Morgan fingerprint density at radius 1 is 1.00 bits per heavy atom. The van der Waals surface area contributed by atoms with Crippen molar-refractivity contribution < 1.29 is 0 Å². The van der Waals surface area contributed by atoms with Crippen LogP contribution in [0.5, 0.6) is 0 Å². The molecule has 0 aromatic rings. The monoisotopic (exact) mass is 212 g/mol. The van der Waals surface area contributed by atoms with Gasteiger partial charge in [0, 0.05) is 6.04 Å². The maximum absolute atomic E-state index is 3.41. The summed E-state index contributed by atoms with van der Waals surface area (Å²) in [5, 5.41) is 3.41. The van der Waals surface area contributed by atoms with Crippen LogP contribution in [0.1, 0.15) is 46.5 Å². The first-order valence-electron chi connectivity index (χ1n) is 6.65. The molecule has 0 atom stereocenters. The van der Waals surface area contributed by atoms with Crippen LogP contribution in [0, 0.1) is 5.92 Å². The third-order valence-corrected chi connectivity index (χ3v) is 2.97. The third-order valence-electron chi connectivity index (χ3n) is 2.97. The molecule has 2 aliphatic heterocycles. The van der Waals surface area contributed by atoms with Crippen LogP contribution >= 0.6 is 0 Å². The van der Waals surface area contributed by atoms with Crippen molar-refractivity contribution in [2.45, 2.75) is 52.5 Å². The second kappa shape index (κ2) is 7.24. The van der Waals surface area contributed by atoms with E-state index in [0.29, 0.717) is 0 Å². The van der Waals surface area contributed by atoms with Gasteiger partial charge in [0.1, 0.15) is 0 Å². The van der Waals surface area contributed by atoms with Gasteiger partial charge in [-0.05, 0) is 57.8 Å². The van der Waals surface area contributed by atoms with Gasteiger partial charge in [0.15, 0.2) is 0 Å². The molecule has 2 aliphatic rings. The molecule has 15 heavy (non-hydrogen) atoms. The Balaban J connectivity index is 0.000000245. The van der Waals surface area contributed by atoms with Gasteiger partial charge < -0.3 is 10.2 Å². The van der Waals surface area contributed by atoms with Gasteiger partial charge in [0.25, 0.3) is 0 Å². The quantitative estimate of drug-likeness (QED) is 0.718. The van der Waals surface area contributed by atoms with Crippen LogP contribution in [0.25, 0.3) is 0 Å². The number of hydrogen-bond acceptors (Lipinski definition) is 2. The molecule has 2 saturated heterocycles. The zero-order chi connectivity index (χ0) is 11.1. The van der Waals surface area contributed by atoms with Crippen molar-refractivity contribution >= 4 is 0 Å². The second-order valence-electron chi connectivity index (χ2n) is 5.46. The Morgan fingerprint density at radius 2 is 1.47 bits per heavy atom. The first-order valence-corrected chi connectivity index (χ1v) is 6.65. The van der Waals surface area contributed by atoms with E-state index in [1.54, 1.807) is 0 Å². The van der Waals surface area contributed by atoms with E-state index in [2.05, 4.69) is 31.0 Å². The van der Waals surface area contributed by atoms with E-state index >= 15 is 0 Å². The summed E-state index contributed by atoms with van der Waals surface area (Å²) >= 11 is 0. The zero-order valence-electron chi connectivity index (χ0n) is 10.8. The Hall–Kier alpha value is -0.0800. The molecular formula is C13H28N2. The minimum absolute atomic E-state index is 0.833. The molecule has 2 heteroatoms. The summed E-state index contributed by atoms with van der Waals surface area (Å²) in [5.74, 6) is 0.833. The second-order valence-corrected chi connectivity index (χ2v) is 5.46. The Morgan fingerprint density at radius 3 is 1.93 bits per heavy atom. The average Bonchev–Trinajstić information content (AvgIpc) is 2.71. The molecule has 2 nitrogen and oxygen atoms in total. The number of nitrogens with zero attached hydrogens (tertiary/aromatic N) is 1. The maximum atomic E-state index is 3.41. The van der Waals surface area contributed by atoms with Gasteiger partial charge in [-0.3, -0.25) is 0 Å². The van der Waals surface area contributed by atoms with Crippen LogP contribution in [0.3, 0.4) is 0 Å². The number of hydrogen-bond donors (Lipinski definition) is 1. The lowest BCUT2D eigenvalue weighted by molar-refractivity contribution is 0.199. The molecular weight excluding hydrogens is 184 g/mol. The van der Waals surface area contributed by atoms with Crippen LogP contribution < -0.4 is 5.32 Å². The van der Waals surface area contributed by atoms with E-state index in [1.807, 2.05) is 0 Å². The molecule has 1 N–H and O–H groups in total.